The van der Waals surface area contributed by atoms with E-state index in [0.29, 0.717) is 25.3 Å². The molecule has 2 rings (SSSR count). The Kier molecular flexibility index (Phi) is 5.21. The maximum atomic E-state index is 11.7. The van der Waals surface area contributed by atoms with Crippen LogP contribution in [0.1, 0.15) is 36.9 Å². The Balaban J connectivity index is 1.69. The second-order valence-electron chi connectivity index (χ2n) is 5.58. The highest BCUT2D eigenvalue weighted by atomic mass is 32.2. The number of amides is 2. The van der Waals surface area contributed by atoms with E-state index in [2.05, 4.69) is 29.5 Å². The van der Waals surface area contributed by atoms with Gasteiger partial charge in [0.05, 0.1) is 22.2 Å². The average Bonchev–Trinajstić information content (AvgIpc) is 2.96. The lowest BCUT2D eigenvalue weighted by Crippen LogP contribution is -2.43. The minimum Gasteiger partial charge on any atom is -0.338 e. The summed E-state index contributed by atoms with van der Waals surface area (Å²) in [7, 11) is -2.96. The summed E-state index contributed by atoms with van der Waals surface area (Å²) < 4.78 is 22.6. The van der Waals surface area contributed by atoms with Gasteiger partial charge in [0, 0.05) is 30.3 Å². The van der Waals surface area contributed by atoms with Gasteiger partial charge in [0.15, 0.2) is 9.84 Å². The largest absolute Gasteiger partial charge is 0.338 e. The number of hydrogen-bond donors (Lipinski definition) is 2. The van der Waals surface area contributed by atoms with Crippen LogP contribution in [0, 0.1) is 0 Å². The van der Waals surface area contributed by atoms with Gasteiger partial charge in [-0.3, -0.25) is 0 Å². The molecule has 1 aromatic rings. The molecule has 118 valence electrons. The zero-order chi connectivity index (χ0) is 15.5. The van der Waals surface area contributed by atoms with E-state index in [1.54, 1.807) is 11.3 Å². The van der Waals surface area contributed by atoms with Gasteiger partial charge in [-0.15, -0.1) is 11.3 Å². The number of nitrogens with one attached hydrogen (secondary N) is 2. The highest BCUT2D eigenvalue weighted by molar-refractivity contribution is 7.91. The summed E-state index contributed by atoms with van der Waals surface area (Å²) in [5, 5.41) is 8.56. The van der Waals surface area contributed by atoms with E-state index in [9.17, 15) is 13.2 Å². The number of urea groups is 1. The van der Waals surface area contributed by atoms with Crippen molar-refractivity contribution < 1.29 is 13.2 Å². The lowest BCUT2D eigenvalue weighted by Gasteiger charge is -2.11. The van der Waals surface area contributed by atoms with E-state index >= 15 is 0 Å². The molecule has 1 aromatic heterocycles. The van der Waals surface area contributed by atoms with Crippen LogP contribution >= 0.6 is 11.3 Å². The molecule has 6 nitrogen and oxygen atoms in total. The van der Waals surface area contributed by atoms with Gasteiger partial charge in [-0.1, -0.05) is 13.8 Å². The molecular formula is C13H21N3O3S2. The molecular weight excluding hydrogens is 310 g/mol. The molecule has 1 saturated heterocycles. The fraction of sp³-hybridized carbons (Fsp3) is 0.692. The summed E-state index contributed by atoms with van der Waals surface area (Å²) in [4.78, 5) is 16.2. The molecule has 0 bridgehead atoms. The molecule has 8 heteroatoms. The predicted octanol–water partition coefficient (Wildman–Crippen LogP) is 1.30. The minimum absolute atomic E-state index is 0.0459. The number of nitrogens with zero attached hydrogens (tertiary/aromatic N) is 1. The quantitative estimate of drug-likeness (QED) is 0.851. The Labute approximate surface area is 129 Å². The van der Waals surface area contributed by atoms with Gasteiger partial charge in [-0.05, 0) is 6.42 Å². The van der Waals surface area contributed by atoms with Crippen LogP contribution in [-0.4, -0.2) is 43.5 Å². The summed E-state index contributed by atoms with van der Waals surface area (Å²) in [6.45, 7) is 4.69. The lowest BCUT2D eigenvalue weighted by atomic mass is 10.2. The highest BCUT2D eigenvalue weighted by Crippen LogP contribution is 2.19. The van der Waals surface area contributed by atoms with Crippen LogP contribution in [0.4, 0.5) is 4.79 Å². The molecule has 2 N–H and O–H groups in total. The number of hydrogen-bond acceptors (Lipinski definition) is 5. The topological polar surface area (TPSA) is 88.2 Å². The molecule has 2 heterocycles. The van der Waals surface area contributed by atoms with E-state index < -0.39 is 9.84 Å². The first-order valence-corrected chi connectivity index (χ1v) is 9.75. The molecule has 0 saturated carbocycles. The van der Waals surface area contributed by atoms with Crippen LogP contribution in [0.2, 0.25) is 0 Å². The fourth-order valence-electron chi connectivity index (χ4n) is 2.15. The van der Waals surface area contributed by atoms with Crippen molar-refractivity contribution in [3.63, 3.8) is 0 Å². The van der Waals surface area contributed by atoms with Gasteiger partial charge >= 0.3 is 6.03 Å². The van der Waals surface area contributed by atoms with Crippen molar-refractivity contribution in [2.24, 2.45) is 0 Å². The first-order chi connectivity index (χ1) is 9.85. The molecule has 1 unspecified atom stereocenters. The number of aromatic nitrogens is 1. The third kappa shape index (κ3) is 4.96. The number of carbonyl (C=O) groups is 1. The summed E-state index contributed by atoms with van der Waals surface area (Å²) in [5.41, 5.74) is 0.979. The normalized spacial score (nSPS) is 20.6. The molecule has 1 aliphatic heterocycles. The summed E-state index contributed by atoms with van der Waals surface area (Å²) >= 11 is 1.64. The van der Waals surface area contributed by atoms with Gasteiger partial charge < -0.3 is 10.6 Å². The Bertz CT molecular complexity index is 596. The minimum atomic E-state index is -2.96. The number of sulfone groups is 1. The average molecular weight is 331 g/mol. The zero-order valence-electron chi connectivity index (χ0n) is 12.3. The van der Waals surface area contributed by atoms with E-state index in [1.807, 2.05) is 5.38 Å². The second kappa shape index (κ2) is 6.74. The maximum absolute atomic E-state index is 11.7. The summed E-state index contributed by atoms with van der Waals surface area (Å²) in [6.07, 6.45) is 1.18. The highest BCUT2D eigenvalue weighted by Gasteiger charge is 2.28. The van der Waals surface area contributed by atoms with E-state index in [-0.39, 0.29) is 23.6 Å². The number of carbonyl (C=O) groups excluding carboxylic acids is 1. The van der Waals surface area contributed by atoms with Crippen molar-refractivity contribution >= 4 is 27.2 Å². The van der Waals surface area contributed by atoms with Gasteiger partial charge in [-0.25, -0.2) is 18.2 Å². The van der Waals surface area contributed by atoms with Crippen LogP contribution in [0.5, 0.6) is 0 Å². The van der Waals surface area contributed by atoms with E-state index in [1.165, 1.54) is 0 Å². The molecule has 0 radical (unpaired) electrons. The third-order valence-electron chi connectivity index (χ3n) is 3.30. The maximum Gasteiger partial charge on any atom is 0.315 e. The number of thiazole rings is 1. The summed E-state index contributed by atoms with van der Waals surface area (Å²) in [6, 6.07) is -0.571. The molecule has 21 heavy (non-hydrogen) atoms. The molecule has 0 spiro atoms. The van der Waals surface area contributed by atoms with Gasteiger partial charge in [0.2, 0.25) is 0 Å². The smallest absolute Gasteiger partial charge is 0.315 e. The predicted molar refractivity (Wildman–Crippen MR) is 83.5 cm³/mol. The van der Waals surface area contributed by atoms with Crippen molar-refractivity contribution in [3.8, 4) is 0 Å². The van der Waals surface area contributed by atoms with Crippen molar-refractivity contribution in [1.29, 1.82) is 0 Å². The Morgan fingerprint density at radius 1 is 1.52 bits per heavy atom. The molecule has 1 fully saturated rings. The Hall–Kier alpha value is -1.15. The lowest BCUT2D eigenvalue weighted by molar-refractivity contribution is 0.238. The van der Waals surface area contributed by atoms with Crippen LogP contribution in [0.3, 0.4) is 0 Å². The molecule has 2 amide bonds. The van der Waals surface area contributed by atoms with Crippen molar-refractivity contribution in [2.75, 3.05) is 18.1 Å². The SMILES string of the molecule is CC(C)c1nc(CCNC(=O)NC2CCS(=O)(=O)C2)cs1. The molecule has 1 atom stereocenters. The van der Waals surface area contributed by atoms with Gasteiger partial charge in [0.1, 0.15) is 0 Å². The zero-order valence-corrected chi connectivity index (χ0v) is 13.9. The first kappa shape index (κ1) is 16.2. The Morgan fingerprint density at radius 2 is 2.29 bits per heavy atom. The number of rotatable bonds is 5. The standard InChI is InChI=1S/C13H21N3O3S2/c1-9(2)12-15-10(7-20-12)3-5-14-13(17)16-11-4-6-21(18,19)8-11/h7,9,11H,3-6,8H2,1-2H3,(H2,14,16,17). The van der Waals surface area contributed by atoms with Gasteiger partial charge in [-0.2, -0.15) is 0 Å². The van der Waals surface area contributed by atoms with Crippen molar-refractivity contribution in [1.82, 2.24) is 15.6 Å². The van der Waals surface area contributed by atoms with E-state index in [0.717, 1.165) is 10.7 Å². The van der Waals surface area contributed by atoms with Crippen LogP contribution in [0.15, 0.2) is 5.38 Å². The summed E-state index contributed by atoms with van der Waals surface area (Å²) in [5.74, 6) is 0.628. The van der Waals surface area contributed by atoms with Gasteiger partial charge in [0.25, 0.3) is 0 Å². The van der Waals surface area contributed by atoms with Crippen LogP contribution < -0.4 is 10.6 Å². The Morgan fingerprint density at radius 3 is 2.86 bits per heavy atom. The third-order valence-corrected chi connectivity index (χ3v) is 6.26. The molecule has 0 aromatic carbocycles. The van der Waals surface area contributed by atoms with Crippen LogP contribution in [-0.2, 0) is 16.3 Å². The molecule has 0 aliphatic carbocycles. The van der Waals surface area contributed by atoms with Crippen molar-refractivity contribution in [2.45, 2.75) is 38.6 Å². The second-order valence-corrected chi connectivity index (χ2v) is 8.70. The van der Waals surface area contributed by atoms with Crippen LogP contribution in [0.25, 0.3) is 0 Å². The van der Waals surface area contributed by atoms with E-state index in [4.69, 9.17) is 0 Å². The fourth-order valence-corrected chi connectivity index (χ4v) is 4.69. The molecule has 1 aliphatic rings. The van der Waals surface area contributed by atoms with Crippen molar-refractivity contribution in [3.05, 3.63) is 16.1 Å². The first-order valence-electron chi connectivity index (χ1n) is 7.05. The monoisotopic (exact) mass is 331 g/mol.